The number of nitrogens with two attached hydrogens (primary N) is 1. The molecule has 1 amide bonds. The van der Waals surface area contributed by atoms with Gasteiger partial charge < -0.3 is 21.0 Å². The first kappa shape index (κ1) is 27.4. The number of halogens is 2. The number of morpholine rings is 1. The molecule has 38 heavy (non-hydrogen) atoms. The van der Waals surface area contributed by atoms with Crippen LogP contribution in [0.3, 0.4) is 0 Å². The molecule has 1 fully saturated rings. The van der Waals surface area contributed by atoms with Gasteiger partial charge >= 0.3 is 0 Å². The van der Waals surface area contributed by atoms with Crippen molar-refractivity contribution in [3.05, 3.63) is 69.1 Å². The molecule has 0 radical (unpaired) electrons. The number of amides is 1. The van der Waals surface area contributed by atoms with Crippen LogP contribution in [0.5, 0.6) is 0 Å². The molecule has 0 aliphatic carbocycles. The molecule has 0 bridgehead atoms. The minimum absolute atomic E-state index is 0.00863. The number of nitrogens with zero attached hydrogens (tertiary/aromatic N) is 3. The lowest BCUT2D eigenvalue weighted by Crippen LogP contribution is -2.39. The molecule has 0 unspecified atom stereocenters. The van der Waals surface area contributed by atoms with Gasteiger partial charge in [-0.15, -0.1) is 4.73 Å². The third kappa shape index (κ3) is 6.26. The molecule has 3 heterocycles. The monoisotopic (exact) mass is 551 g/mol. The van der Waals surface area contributed by atoms with E-state index in [1.54, 1.807) is 0 Å². The molecular weight excluding hydrogens is 524 g/mol. The first-order valence-corrected chi connectivity index (χ1v) is 13.6. The van der Waals surface area contributed by atoms with Gasteiger partial charge in [0.05, 0.1) is 30.4 Å². The normalized spacial score (nSPS) is 14.6. The van der Waals surface area contributed by atoms with Gasteiger partial charge in [0.1, 0.15) is 17.2 Å². The lowest BCUT2D eigenvalue weighted by Gasteiger charge is -2.26. The molecule has 1 aliphatic heterocycles. The number of nitrogen functional groups attached to an aromatic ring is 1. The summed E-state index contributed by atoms with van der Waals surface area (Å²) in [5.41, 5.74) is 4.32. The summed E-state index contributed by atoms with van der Waals surface area (Å²) in [4.78, 5) is 31.4. The smallest absolute Gasteiger partial charge is 0.299 e. The molecule has 4 rings (SSSR count). The Balaban J connectivity index is 1.50. The zero-order chi connectivity index (χ0) is 27.4. The zero-order valence-electron chi connectivity index (χ0n) is 20.3. The Morgan fingerprint density at radius 2 is 1.92 bits per heavy atom. The molecule has 0 atom stereocenters. The standard InChI is InChI=1S/C24H27F2N5O6S/c25-17-2-1-16(19(26)12-17)14-29-23(32)20-21(27)18-11-15(13-28-22(18)31(34)24(20)33)3-9-38(35,36)10-6-30-4-7-37-8-5-30/h1-2,11-13,34H,3-10,14,27H2,(H,29,32). The van der Waals surface area contributed by atoms with E-state index in [1.165, 1.54) is 12.3 Å². The zero-order valence-corrected chi connectivity index (χ0v) is 21.1. The Kier molecular flexibility index (Phi) is 8.23. The maximum Gasteiger partial charge on any atom is 0.299 e. The van der Waals surface area contributed by atoms with Crippen molar-refractivity contribution < 1.29 is 31.9 Å². The number of hydrogen-bond acceptors (Lipinski definition) is 9. The molecule has 4 N–H and O–H groups in total. The summed E-state index contributed by atoms with van der Waals surface area (Å²) in [5, 5.41) is 12.7. The predicted molar refractivity (Wildman–Crippen MR) is 135 cm³/mol. The molecular formula is C24H27F2N5O6S. The van der Waals surface area contributed by atoms with Crippen LogP contribution in [0.25, 0.3) is 11.0 Å². The van der Waals surface area contributed by atoms with E-state index < -0.39 is 38.5 Å². The number of benzene rings is 1. The average molecular weight is 552 g/mol. The van der Waals surface area contributed by atoms with Crippen molar-refractivity contribution in [2.45, 2.75) is 13.0 Å². The Morgan fingerprint density at radius 1 is 1.18 bits per heavy atom. The number of carbonyl (C=O) groups excluding carboxylic acids is 1. The van der Waals surface area contributed by atoms with Crippen molar-refractivity contribution in [3.8, 4) is 0 Å². The molecule has 11 nitrogen and oxygen atoms in total. The number of hydrogen-bond donors (Lipinski definition) is 3. The molecule has 14 heteroatoms. The Morgan fingerprint density at radius 3 is 2.63 bits per heavy atom. The van der Waals surface area contributed by atoms with Crippen LogP contribution in [0.15, 0.2) is 35.3 Å². The quantitative estimate of drug-likeness (QED) is 0.326. The van der Waals surface area contributed by atoms with Crippen LogP contribution in [0.1, 0.15) is 21.5 Å². The largest absolute Gasteiger partial charge is 0.423 e. The number of anilines is 1. The first-order chi connectivity index (χ1) is 18.1. The van der Waals surface area contributed by atoms with Crippen LogP contribution in [0.2, 0.25) is 0 Å². The van der Waals surface area contributed by atoms with E-state index in [0.29, 0.717) is 44.5 Å². The number of carbonyl (C=O) groups is 1. The van der Waals surface area contributed by atoms with Gasteiger partial charge in [-0.3, -0.25) is 14.5 Å². The van der Waals surface area contributed by atoms with Gasteiger partial charge in [0.25, 0.3) is 11.5 Å². The number of aromatic nitrogens is 2. The summed E-state index contributed by atoms with van der Waals surface area (Å²) in [6, 6.07) is 4.27. The number of aryl methyl sites for hydroxylation is 1. The highest BCUT2D eigenvalue weighted by atomic mass is 32.2. The van der Waals surface area contributed by atoms with Gasteiger partial charge in [0.15, 0.2) is 15.5 Å². The highest BCUT2D eigenvalue weighted by Crippen LogP contribution is 2.22. The summed E-state index contributed by atoms with van der Waals surface area (Å²) >= 11 is 0. The van der Waals surface area contributed by atoms with Gasteiger partial charge in [-0.05, 0) is 24.1 Å². The maximum atomic E-state index is 13.9. The van der Waals surface area contributed by atoms with Crippen LogP contribution in [-0.4, -0.2) is 78.5 Å². The molecule has 0 spiro atoms. The van der Waals surface area contributed by atoms with E-state index in [0.717, 1.165) is 12.1 Å². The van der Waals surface area contributed by atoms with E-state index in [1.807, 2.05) is 4.90 Å². The third-order valence-corrected chi connectivity index (χ3v) is 7.93. The van der Waals surface area contributed by atoms with Crippen LogP contribution in [0.4, 0.5) is 14.5 Å². The van der Waals surface area contributed by atoms with Crippen LogP contribution in [0, 0.1) is 11.6 Å². The minimum atomic E-state index is -3.38. The van der Waals surface area contributed by atoms with E-state index in [9.17, 15) is 32.0 Å². The number of pyridine rings is 2. The van der Waals surface area contributed by atoms with Gasteiger partial charge in [-0.1, -0.05) is 6.07 Å². The second kappa shape index (κ2) is 11.4. The molecule has 204 valence electrons. The number of ether oxygens (including phenoxy) is 1. The number of rotatable bonds is 9. The summed E-state index contributed by atoms with van der Waals surface area (Å²) in [6.45, 7) is 2.55. The average Bonchev–Trinajstić information content (AvgIpc) is 2.90. The van der Waals surface area contributed by atoms with Crippen LogP contribution in [-0.2, 0) is 27.5 Å². The van der Waals surface area contributed by atoms with Gasteiger partial charge in [0.2, 0.25) is 0 Å². The van der Waals surface area contributed by atoms with Crippen molar-refractivity contribution in [1.82, 2.24) is 19.9 Å². The highest BCUT2D eigenvalue weighted by molar-refractivity contribution is 7.91. The van der Waals surface area contributed by atoms with Crippen LogP contribution >= 0.6 is 0 Å². The fourth-order valence-corrected chi connectivity index (χ4v) is 5.36. The van der Waals surface area contributed by atoms with Crippen molar-refractivity contribution >= 4 is 32.5 Å². The van der Waals surface area contributed by atoms with E-state index >= 15 is 0 Å². The maximum absolute atomic E-state index is 13.9. The number of sulfone groups is 1. The first-order valence-electron chi connectivity index (χ1n) is 11.8. The lowest BCUT2D eigenvalue weighted by molar-refractivity contribution is 0.0408. The Bertz CT molecular complexity index is 1520. The topological polar surface area (TPSA) is 157 Å². The molecule has 3 aromatic rings. The fraction of sp³-hybridized carbons (Fsp3) is 0.375. The van der Waals surface area contributed by atoms with E-state index in [-0.39, 0.29) is 51.5 Å². The second-order valence-electron chi connectivity index (χ2n) is 8.89. The summed E-state index contributed by atoms with van der Waals surface area (Å²) in [6.07, 6.45) is 1.42. The van der Waals surface area contributed by atoms with E-state index in [4.69, 9.17) is 10.5 Å². The Hall–Kier alpha value is -3.62. The van der Waals surface area contributed by atoms with Crippen molar-refractivity contribution in [1.29, 1.82) is 0 Å². The van der Waals surface area contributed by atoms with Gasteiger partial charge in [-0.2, -0.15) is 0 Å². The van der Waals surface area contributed by atoms with Crippen molar-refractivity contribution in [3.63, 3.8) is 0 Å². The number of fused-ring (bicyclic) bond motifs is 1. The lowest BCUT2D eigenvalue weighted by atomic mass is 10.1. The molecule has 0 saturated carbocycles. The number of nitrogens with one attached hydrogen (secondary N) is 1. The second-order valence-corrected chi connectivity index (χ2v) is 11.2. The van der Waals surface area contributed by atoms with Crippen LogP contribution < -0.4 is 16.6 Å². The van der Waals surface area contributed by atoms with E-state index in [2.05, 4.69) is 10.3 Å². The fourth-order valence-electron chi connectivity index (χ4n) is 4.07. The molecule has 1 saturated heterocycles. The SMILES string of the molecule is Nc1c(C(=O)NCc2ccc(F)cc2F)c(=O)n(O)c2ncc(CCS(=O)(=O)CCN3CCOCC3)cc12. The minimum Gasteiger partial charge on any atom is -0.423 e. The van der Waals surface area contributed by atoms with Gasteiger partial charge in [-0.25, -0.2) is 22.2 Å². The molecule has 1 aromatic carbocycles. The van der Waals surface area contributed by atoms with Gasteiger partial charge in [0, 0.05) is 49.4 Å². The summed E-state index contributed by atoms with van der Waals surface area (Å²) < 4.78 is 57.6. The Labute approximate surface area is 216 Å². The summed E-state index contributed by atoms with van der Waals surface area (Å²) in [5.74, 6) is -2.82. The third-order valence-electron chi connectivity index (χ3n) is 6.30. The highest BCUT2D eigenvalue weighted by Gasteiger charge is 2.23. The van der Waals surface area contributed by atoms with Crippen molar-refractivity contribution in [2.75, 3.05) is 50.1 Å². The molecule has 2 aromatic heterocycles. The molecule has 1 aliphatic rings. The predicted octanol–water partition coefficient (Wildman–Crippen LogP) is 0.714. The van der Waals surface area contributed by atoms with Crippen molar-refractivity contribution in [2.24, 2.45) is 0 Å². The summed E-state index contributed by atoms with van der Waals surface area (Å²) in [7, 11) is -3.38.